The van der Waals surface area contributed by atoms with Gasteiger partial charge in [0.05, 0.1) is 4.90 Å². The topological polar surface area (TPSA) is 66.5 Å². The molecule has 1 N–H and O–H groups in total. The van der Waals surface area contributed by atoms with Gasteiger partial charge in [0.1, 0.15) is 0 Å². The van der Waals surface area contributed by atoms with Gasteiger partial charge in [0.15, 0.2) is 0 Å². The summed E-state index contributed by atoms with van der Waals surface area (Å²) >= 11 is 3.32. The first-order chi connectivity index (χ1) is 13.1. The molecule has 156 valence electrons. The van der Waals surface area contributed by atoms with Gasteiger partial charge in [0.2, 0.25) is 15.9 Å². The smallest absolute Gasteiger partial charge is 0.240 e. The molecule has 1 saturated heterocycles. The summed E-state index contributed by atoms with van der Waals surface area (Å²) in [6.45, 7) is 7.47. The van der Waals surface area contributed by atoms with E-state index in [0.717, 1.165) is 36.7 Å². The highest BCUT2D eigenvalue weighted by Gasteiger charge is 2.40. The van der Waals surface area contributed by atoms with Crippen LogP contribution in [0.4, 0.5) is 0 Å². The Morgan fingerprint density at radius 1 is 1.07 bits per heavy atom. The third kappa shape index (κ3) is 4.97. The summed E-state index contributed by atoms with van der Waals surface area (Å²) < 4.78 is 28.8. The van der Waals surface area contributed by atoms with Gasteiger partial charge in [-0.15, -0.1) is 0 Å². The molecule has 1 aromatic carbocycles. The summed E-state index contributed by atoms with van der Waals surface area (Å²) in [5.41, 5.74) is 0.101. The highest BCUT2D eigenvalue weighted by molar-refractivity contribution is 9.10. The Morgan fingerprint density at radius 3 is 2.25 bits per heavy atom. The zero-order chi connectivity index (χ0) is 20.5. The van der Waals surface area contributed by atoms with E-state index in [1.165, 1.54) is 0 Å². The van der Waals surface area contributed by atoms with Crippen molar-refractivity contribution in [2.24, 2.45) is 11.3 Å². The molecule has 1 saturated carbocycles. The first-order valence-corrected chi connectivity index (χ1v) is 12.4. The van der Waals surface area contributed by atoms with Crippen LogP contribution in [0, 0.1) is 11.3 Å². The molecule has 1 aromatic rings. The number of sulfonamides is 1. The van der Waals surface area contributed by atoms with Gasteiger partial charge in [-0.1, -0.05) is 36.7 Å². The Hall–Kier alpha value is -0.920. The molecule has 0 aromatic heterocycles. The van der Waals surface area contributed by atoms with E-state index in [1.54, 1.807) is 24.3 Å². The first-order valence-electron chi connectivity index (χ1n) is 10.2. The van der Waals surface area contributed by atoms with Crippen LogP contribution >= 0.6 is 15.9 Å². The van der Waals surface area contributed by atoms with Crippen molar-refractivity contribution in [1.82, 2.24) is 9.62 Å². The average molecular weight is 471 g/mol. The molecule has 0 spiro atoms. The lowest BCUT2D eigenvalue weighted by atomic mass is 9.82. The van der Waals surface area contributed by atoms with Crippen LogP contribution in [0.2, 0.25) is 0 Å². The molecule has 1 aliphatic carbocycles. The summed E-state index contributed by atoms with van der Waals surface area (Å²) in [7, 11) is -3.52. The third-order valence-electron chi connectivity index (χ3n) is 6.06. The summed E-state index contributed by atoms with van der Waals surface area (Å²) in [5.74, 6) is 0.294. The van der Waals surface area contributed by atoms with Crippen LogP contribution in [-0.2, 0) is 14.8 Å². The van der Waals surface area contributed by atoms with Crippen LogP contribution in [0.15, 0.2) is 33.6 Å². The van der Waals surface area contributed by atoms with Crippen LogP contribution in [0.3, 0.4) is 0 Å². The lowest BCUT2D eigenvalue weighted by molar-refractivity contribution is -0.139. The molecule has 0 radical (unpaired) electrons. The number of amides is 1. The van der Waals surface area contributed by atoms with Crippen molar-refractivity contribution in [2.45, 2.75) is 76.3 Å². The minimum atomic E-state index is -3.52. The molecule has 2 fully saturated rings. The zero-order valence-corrected chi connectivity index (χ0v) is 19.4. The maximum Gasteiger partial charge on any atom is 0.240 e. The molecule has 3 rings (SSSR count). The fraction of sp³-hybridized carbons (Fsp3) is 0.667. The molecule has 7 heteroatoms. The number of carbonyl (C=O) groups is 1. The molecule has 1 amide bonds. The van der Waals surface area contributed by atoms with Crippen molar-refractivity contribution in [3.63, 3.8) is 0 Å². The van der Waals surface area contributed by atoms with Crippen LogP contribution < -0.4 is 4.72 Å². The number of carbonyl (C=O) groups excluding carboxylic acids is 1. The van der Waals surface area contributed by atoms with Crippen LogP contribution in [0.5, 0.6) is 0 Å². The molecule has 5 nitrogen and oxygen atoms in total. The number of likely N-dealkylation sites (tertiary alicyclic amines) is 1. The summed E-state index contributed by atoms with van der Waals surface area (Å²) in [4.78, 5) is 15.5. The van der Waals surface area contributed by atoms with Gasteiger partial charge in [-0.05, 0) is 68.2 Å². The molecule has 0 bridgehead atoms. The predicted molar refractivity (Wildman–Crippen MR) is 114 cm³/mol. The van der Waals surface area contributed by atoms with Crippen LogP contribution in [-0.4, -0.2) is 37.9 Å². The van der Waals surface area contributed by atoms with E-state index in [2.05, 4.69) is 46.3 Å². The van der Waals surface area contributed by atoms with E-state index in [1.807, 2.05) is 0 Å². The third-order valence-corrected chi connectivity index (χ3v) is 8.12. The van der Waals surface area contributed by atoms with E-state index in [0.29, 0.717) is 18.9 Å². The Labute approximate surface area is 177 Å². The zero-order valence-electron chi connectivity index (χ0n) is 16.9. The van der Waals surface area contributed by atoms with Crippen molar-refractivity contribution in [1.29, 1.82) is 0 Å². The number of hydrogen-bond acceptors (Lipinski definition) is 3. The molecule has 2 aliphatic rings. The molecule has 1 heterocycles. The molecular weight excluding hydrogens is 440 g/mol. The minimum absolute atomic E-state index is 0.0244. The lowest BCUT2D eigenvalue weighted by Crippen LogP contribution is -2.47. The van der Waals surface area contributed by atoms with E-state index in [-0.39, 0.29) is 28.2 Å². The van der Waals surface area contributed by atoms with Crippen molar-refractivity contribution < 1.29 is 13.2 Å². The second-order valence-corrected chi connectivity index (χ2v) is 11.8. The fourth-order valence-electron chi connectivity index (χ4n) is 4.52. The maximum atomic E-state index is 13.1. The first kappa shape index (κ1) is 21.8. The summed E-state index contributed by atoms with van der Waals surface area (Å²) in [6, 6.07) is 6.86. The predicted octanol–water partition coefficient (Wildman–Crippen LogP) is 4.32. The minimum Gasteiger partial charge on any atom is -0.339 e. The average Bonchev–Trinajstić information content (AvgIpc) is 3.12. The van der Waals surface area contributed by atoms with Gasteiger partial charge in [0.25, 0.3) is 0 Å². The standard InChI is InChI=1S/C21H31BrN2O3S/c1-21(2,3)19-5-4-14-24(19)20(25)15-6-10-17(11-7-15)23-28(26,27)18-12-8-16(22)9-13-18/h8-9,12-13,15,17,19,23H,4-7,10-11,14H2,1-3H3. The van der Waals surface area contributed by atoms with E-state index < -0.39 is 10.0 Å². The Morgan fingerprint density at radius 2 is 1.68 bits per heavy atom. The summed E-state index contributed by atoms with van der Waals surface area (Å²) in [6.07, 6.45) is 5.08. The van der Waals surface area contributed by atoms with Gasteiger partial charge in [-0.2, -0.15) is 0 Å². The Balaban J connectivity index is 1.57. The monoisotopic (exact) mass is 470 g/mol. The number of nitrogens with zero attached hydrogens (tertiary/aromatic N) is 1. The van der Waals surface area contributed by atoms with Crippen molar-refractivity contribution in [2.75, 3.05) is 6.54 Å². The fourth-order valence-corrected chi connectivity index (χ4v) is 6.09. The van der Waals surface area contributed by atoms with Crippen molar-refractivity contribution >= 4 is 31.9 Å². The molecule has 1 unspecified atom stereocenters. The molecular formula is C21H31BrN2O3S. The second kappa shape index (κ2) is 8.44. The van der Waals surface area contributed by atoms with Crippen molar-refractivity contribution in [3.05, 3.63) is 28.7 Å². The summed E-state index contributed by atoms with van der Waals surface area (Å²) in [5, 5.41) is 0. The van der Waals surface area contributed by atoms with Gasteiger partial charge >= 0.3 is 0 Å². The Bertz CT molecular complexity index is 794. The number of rotatable bonds is 4. The van der Waals surface area contributed by atoms with Gasteiger partial charge in [-0.3, -0.25) is 4.79 Å². The molecule has 1 aliphatic heterocycles. The quantitative estimate of drug-likeness (QED) is 0.711. The second-order valence-electron chi connectivity index (χ2n) is 9.18. The van der Waals surface area contributed by atoms with Crippen LogP contribution in [0.1, 0.15) is 59.3 Å². The maximum absolute atomic E-state index is 13.1. The van der Waals surface area contributed by atoms with Crippen LogP contribution in [0.25, 0.3) is 0 Å². The van der Waals surface area contributed by atoms with Crippen molar-refractivity contribution in [3.8, 4) is 0 Å². The SMILES string of the molecule is CC(C)(C)C1CCCN1C(=O)C1CCC(NS(=O)(=O)c2ccc(Br)cc2)CC1. The highest BCUT2D eigenvalue weighted by atomic mass is 79.9. The van der Waals surface area contributed by atoms with E-state index in [9.17, 15) is 13.2 Å². The van der Waals surface area contributed by atoms with E-state index in [4.69, 9.17) is 0 Å². The lowest BCUT2D eigenvalue weighted by Gasteiger charge is -2.38. The largest absolute Gasteiger partial charge is 0.339 e. The number of benzene rings is 1. The Kier molecular flexibility index (Phi) is 6.57. The van der Waals surface area contributed by atoms with Gasteiger partial charge in [0, 0.05) is 29.0 Å². The van der Waals surface area contributed by atoms with Gasteiger partial charge < -0.3 is 4.90 Å². The molecule has 28 heavy (non-hydrogen) atoms. The normalized spacial score (nSPS) is 26.4. The number of hydrogen-bond donors (Lipinski definition) is 1. The van der Waals surface area contributed by atoms with E-state index >= 15 is 0 Å². The highest BCUT2D eigenvalue weighted by Crippen LogP contribution is 2.36. The molecule has 1 atom stereocenters. The van der Waals surface area contributed by atoms with Gasteiger partial charge in [-0.25, -0.2) is 13.1 Å². The number of nitrogens with one attached hydrogen (secondary N) is 1. The number of halogens is 1.